The van der Waals surface area contributed by atoms with Crippen LogP contribution < -0.4 is 0 Å². The molecule has 90 valence electrons. The van der Waals surface area contributed by atoms with Crippen molar-refractivity contribution in [3.8, 4) is 0 Å². The third-order valence-corrected chi connectivity index (χ3v) is 3.69. The highest BCUT2D eigenvalue weighted by Crippen LogP contribution is 2.29. The van der Waals surface area contributed by atoms with Crippen LogP contribution in [0, 0.1) is 5.41 Å². The molecule has 1 unspecified atom stereocenters. The Kier molecular flexibility index (Phi) is 6.33. The van der Waals surface area contributed by atoms with Gasteiger partial charge in [0.25, 0.3) is 0 Å². The molecule has 0 spiro atoms. The van der Waals surface area contributed by atoms with Crippen molar-refractivity contribution >= 4 is 25.0 Å². The minimum absolute atomic E-state index is 0.234. The number of allylic oxidation sites excluding steroid dienone is 1. The molecule has 0 aliphatic carbocycles. The number of halogens is 1. The van der Waals surface area contributed by atoms with E-state index in [1.807, 2.05) is 20.0 Å². The first-order valence-electron chi connectivity index (χ1n) is 5.32. The minimum atomic E-state index is -1.19. The van der Waals surface area contributed by atoms with Gasteiger partial charge < -0.3 is 9.53 Å². The molecule has 0 aromatic rings. The largest absolute Gasteiger partial charge is 0.392 e. The summed E-state index contributed by atoms with van der Waals surface area (Å²) >= 11 is 3.42. The lowest BCUT2D eigenvalue weighted by atomic mass is 9.88. The van der Waals surface area contributed by atoms with Crippen LogP contribution in [0.4, 0.5) is 0 Å². The summed E-state index contributed by atoms with van der Waals surface area (Å²) < 4.78 is 6.23. The van der Waals surface area contributed by atoms with Gasteiger partial charge in [0.2, 0.25) is 0 Å². The second-order valence-electron chi connectivity index (χ2n) is 5.40. The molecule has 0 saturated carbocycles. The highest BCUT2D eigenvalue weighted by molar-refractivity contribution is 9.11. The van der Waals surface area contributed by atoms with E-state index in [1.165, 1.54) is 0 Å². The van der Waals surface area contributed by atoms with Crippen molar-refractivity contribution in [2.45, 2.75) is 53.5 Å². The highest BCUT2D eigenvalue weighted by atomic mass is 79.9. The zero-order valence-electron chi connectivity index (χ0n) is 10.6. The molecule has 0 aromatic heterocycles. The maximum absolute atomic E-state index is 9.76. The molecule has 0 heterocycles. The van der Waals surface area contributed by atoms with Crippen molar-refractivity contribution in [3.63, 3.8) is 0 Å². The molecular weight excluding hydrogens is 272 g/mol. The molecule has 0 aliphatic rings. The first kappa shape index (κ1) is 15.4. The van der Waals surface area contributed by atoms with Gasteiger partial charge in [-0.2, -0.15) is 0 Å². The molecule has 0 amide bonds. The zero-order valence-corrected chi connectivity index (χ0v) is 13.3. The van der Waals surface area contributed by atoms with Crippen LogP contribution in [0.3, 0.4) is 0 Å². The minimum Gasteiger partial charge on any atom is -0.392 e. The lowest BCUT2D eigenvalue weighted by molar-refractivity contribution is 0.0201. The number of hydrogen-bond donors (Lipinski definition) is 1. The van der Waals surface area contributed by atoms with Gasteiger partial charge in [-0.05, 0) is 31.9 Å². The zero-order chi connectivity index (χ0) is 12.2. The molecule has 4 heteroatoms. The second-order valence-corrected chi connectivity index (χ2v) is 8.63. The normalized spacial score (nSPS) is 16.6. The van der Waals surface area contributed by atoms with Crippen molar-refractivity contribution in [3.05, 3.63) is 10.1 Å². The van der Waals surface area contributed by atoms with E-state index in [0.29, 0.717) is 0 Å². The van der Waals surface area contributed by atoms with Crippen LogP contribution in [0.15, 0.2) is 10.1 Å². The van der Waals surface area contributed by atoms with Gasteiger partial charge in [0.15, 0.2) is 15.3 Å². The molecule has 1 atom stereocenters. The van der Waals surface area contributed by atoms with E-state index in [2.05, 4.69) is 36.7 Å². The molecular formula is C11H23BrO2Si. The predicted octanol–water partition coefficient (Wildman–Crippen LogP) is 3.41. The Labute approximate surface area is 104 Å². The lowest BCUT2D eigenvalue weighted by Gasteiger charge is -2.22. The highest BCUT2D eigenvalue weighted by Gasteiger charge is 2.17. The summed E-state index contributed by atoms with van der Waals surface area (Å²) in [7, 11) is -1.19. The Morgan fingerprint density at radius 1 is 1.40 bits per heavy atom. The Morgan fingerprint density at radius 3 is 2.20 bits per heavy atom. The fourth-order valence-electron chi connectivity index (χ4n) is 1.41. The maximum Gasteiger partial charge on any atom is 0.178 e. The van der Waals surface area contributed by atoms with Crippen LogP contribution >= 0.6 is 15.9 Å². The van der Waals surface area contributed by atoms with Crippen molar-refractivity contribution < 1.29 is 9.53 Å². The Morgan fingerprint density at radius 2 is 1.87 bits per heavy atom. The van der Waals surface area contributed by atoms with Crippen LogP contribution in [0.1, 0.15) is 34.1 Å². The van der Waals surface area contributed by atoms with Crippen molar-refractivity contribution in [1.82, 2.24) is 0 Å². The molecule has 15 heavy (non-hydrogen) atoms. The summed E-state index contributed by atoms with van der Waals surface area (Å²) in [5, 5.41) is 9.76. The lowest BCUT2D eigenvalue weighted by Crippen LogP contribution is -2.21. The molecule has 0 saturated heterocycles. The van der Waals surface area contributed by atoms with Gasteiger partial charge in [-0.25, -0.2) is 0 Å². The van der Waals surface area contributed by atoms with E-state index in [9.17, 15) is 5.11 Å². The standard InChI is InChI=1S/C11H23BrO2Si/c1-8(7-11(2,3)4)9(12)10(13)14-15(5)6/h10,13,15H,7H2,1-6H3. The molecule has 0 rings (SSSR count). The van der Waals surface area contributed by atoms with Gasteiger partial charge in [-0.15, -0.1) is 0 Å². The van der Waals surface area contributed by atoms with Gasteiger partial charge in [-0.3, -0.25) is 0 Å². The van der Waals surface area contributed by atoms with Gasteiger partial charge >= 0.3 is 0 Å². The van der Waals surface area contributed by atoms with Crippen LogP contribution in [0.5, 0.6) is 0 Å². The molecule has 0 aromatic carbocycles. The topological polar surface area (TPSA) is 29.5 Å². The first-order chi connectivity index (χ1) is 6.63. The van der Waals surface area contributed by atoms with E-state index in [4.69, 9.17) is 4.43 Å². The van der Waals surface area contributed by atoms with Crippen molar-refractivity contribution in [1.29, 1.82) is 0 Å². The average Bonchev–Trinajstić information content (AvgIpc) is 1.98. The number of aliphatic hydroxyl groups is 1. The Balaban J connectivity index is 4.49. The quantitative estimate of drug-likeness (QED) is 0.636. The monoisotopic (exact) mass is 294 g/mol. The average molecular weight is 295 g/mol. The Bertz CT molecular complexity index is 231. The van der Waals surface area contributed by atoms with Crippen LogP contribution in [-0.2, 0) is 4.43 Å². The van der Waals surface area contributed by atoms with Gasteiger partial charge in [0.05, 0.1) is 0 Å². The summed E-state index contributed by atoms with van der Waals surface area (Å²) in [6.45, 7) is 12.7. The molecule has 1 N–H and O–H groups in total. The predicted molar refractivity (Wildman–Crippen MR) is 71.7 cm³/mol. The van der Waals surface area contributed by atoms with E-state index >= 15 is 0 Å². The Hall–Kier alpha value is 0.357. The fraction of sp³-hybridized carbons (Fsp3) is 0.818. The molecule has 0 radical (unpaired) electrons. The van der Waals surface area contributed by atoms with Crippen LogP contribution in [0.2, 0.25) is 13.1 Å². The first-order valence-corrected chi connectivity index (χ1v) is 8.89. The van der Waals surface area contributed by atoms with Gasteiger partial charge in [-0.1, -0.05) is 42.3 Å². The molecule has 0 fully saturated rings. The van der Waals surface area contributed by atoms with E-state index in [-0.39, 0.29) is 5.41 Å². The van der Waals surface area contributed by atoms with E-state index in [0.717, 1.165) is 16.5 Å². The molecule has 0 bridgehead atoms. The van der Waals surface area contributed by atoms with Crippen LogP contribution in [0.25, 0.3) is 0 Å². The molecule has 0 aliphatic heterocycles. The van der Waals surface area contributed by atoms with Crippen molar-refractivity contribution in [2.75, 3.05) is 0 Å². The molecule has 2 nitrogen and oxygen atoms in total. The van der Waals surface area contributed by atoms with E-state index in [1.54, 1.807) is 0 Å². The maximum atomic E-state index is 9.76. The fourth-order valence-corrected chi connectivity index (χ4v) is 2.51. The van der Waals surface area contributed by atoms with Gasteiger partial charge in [0.1, 0.15) is 0 Å². The number of rotatable bonds is 4. The summed E-state index contributed by atoms with van der Waals surface area (Å²) in [5.41, 5.74) is 1.39. The third-order valence-electron chi connectivity index (χ3n) is 1.82. The summed E-state index contributed by atoms with van der Waals surface area (Å²) in [5.74, 6) is 0. The summed E-state index contributed by atoms with van der Waals surface area (Å²) in [6.07, 6.45) is 0.173. The number of hydrogen-bond acceptors (Lipinski definition) is 2. The van der Waals surface area contributed by atoms with E-state index < -0.39 is 15.3 Å². The SMILES string of the molecule is CC(CC(C)(C)C)=C(Br)C(O)O[SiH](C)C. The smallest absolute Gasteiger partial charge is 0.178 e. The van der Waals surface area contributed by atoms with Crippen molar-refractivity contribution in [2.24, 2.45) is 5.41 Å². The van der Waals surface area contributed by atoms with Gasteiger partial charge in [0, 0.05) is 4.48 Å². The summed E-state index contributed by atoms with van der Waals surface area (Å²) in [4.78, 5) is 0. The summed E-state index contributed by atoms with van der Waals surface area (Å²) in [6, 6.07) is 0. The van der Waals surface area contributed by atoms with Crippen LogP contribution in [-0.4, -0.2) is 20.4 Å². The number of aliphatic hydroxyl groups excluding tert-OH is 1. The third kappa shape index (κ3) is 7.28. The second kappa shape index (κ2) is 6.18.